The lowest BCUT2D eigenvalue weighted by atomic mass is 10.3. The van der Waals surface area contributed by atoms with Gasteiger partial charge in [0.25, 0.3) is 0 Å². The van der Waals surface area contributed by atoms with Gasteiger partial charge in [-0.15, -0.1) is 0 Å². The Bertz CT molecular complexity index is 235. The lowest BCUT2D eigenvalue weighted by Crippen LogP contribution is -2.34. The van der Waals surface area contributed by atoms with Crippen molar-refractivity contribution in [2.45, 2.75) is 38.1 Å². The predicted molar refractivity (Wildman–Crippen MR) is 62.5 cm³/mol. The molecule has 1 saturated carbocycles. The molecule has 4 heteroatoms. The normalized spacial score (nSPS) is 21.8. The standard InChI is InChI=1S/C12H22N2O2/c15-12(16)10-14(11-4-5-11)9-3-8-13-6-1-2-7-13/h11H,1-10H2,(H,15,16). The molecule has 16 heavy (non-hydrogen) atoms. The highest BCUT2D eigenvalue weighted by Gasteiger charge is 2.29. The molecule has 1 aliphatic carbocycles. The van der Waals surface area contributed by atoms with Crippen molar-refractivity contribution >= 4 is 5.97 Å². The number of carboxylic acid groups (broad SMARTS) is 1. The Hall–Kier alpha value is -0.610. The van der Waals surface area contributed by atoms with Crippen LogP contribution in [0.4, 0.5) is 0 Å². The van der Waals surface area contributed by atoms with Crippen molar-refractivity contribution in [2.24, 2.45) is 0 Å². The fraction of sp³-hybridized carbons (Fsp3) is 0.917. The molecule has 0 amide bonds. The highest BCUT2D eigenvalue weighted by Crippen LogP contribution is 2.26. The molecule has 2 fully saturated rings. The number of likely N-dealkylation sites (tertiary alicyclic amines) is 1. The second-order valence-corrected chi connectivity index (χ2v) is 5.00. The van der Waals surface area contributed by atoms with Gasteiger partial charge in [-0.3, -0.25) is 9.69 Å². The monoisotopic (exact) mass is 226 g/mol. The summed E-state index contributed by atoms with van der Waals surface area (Å²) in [5, 5.41) is 8.82. The van der Waals surface area contributed by atoms with Crippen LogP contribution in [0.15, 0.2) is 0 Å². The molecule has 4 nitrogen and oxygen atoms in total. The van der Waals surface area contributed by atoms with E-state index in [1.54, 1.807) is 0 Å². The van der Waals surface area contributed by atoms with Crippen LogP contribution >= 0.6 is 0 Å². The summed E-state index contributed by atoms with van der Waals surface area (Å²) < 4.78 is 0. The molecule has 0 aromatic heterocycles. The van der Waals surface area contributed by atoms with Crippen LogP contribution in [-0.4, -0.2) is 59.6 Å². The van der Waals surface area contributed by atoms with E-state index in [-0.39, 0.29) is 6.54 Å². The number of rotatable bonds is 7. The Morgan fingerprint density at radius 2 is 2.00 bits per heavy atom. The topological polar surface area (TPSA) is 43.8 Å². The lowest BCUT2D eigenvalue weighted by Gasteiger charge is -2.21. The van der Waals surface area contributed by atoms with Gasteiger partial charge in [0.15, 0.2) is 0 Å². The Kier molecular flexibility index (Phi) is 4.18. The minimum atomic E-state index is -0.687. The van der Waals surface area contributed by atoms with Gasteiger partial charge in [0.1, 0.15) is 0 Å². The highest BCUT2D eigenvalue weighted by molar-refractivity contribution is 5.69. The Morgan fingerprint density at radius 3 is 2.56 bits per heavy atom. The number of hydrogen-bond acceptors (Lipinski definition) is 3. The molecule has 0 bridgehead atoms. The third-order valence-corrected chi connectivity index (χ3v) is 3.52. The van der Waals surface area contributed by atoms with Crippen LogP contribution in [-0.2, 0) is 4.79 Å². The van der Waals surface area contributed by atoms with Crippen LogP contribution in [0.2, 0.25) is 0 Å². The van der Waals surface area contributed by atoms with Crippen molar-refractivity contribution in [3.05, 3.63) is 0 Å². The van der Waals surface area contributed by atoms with E-state index in [0.29, 0.717) is 6.04 Å². The molecule has 2 aliphatic rings. The third-order valence-electron chi connectivity index (χ3n) is 3.52. The van der Waals surface area contributed by atoms with Crippen LogP contribution in [0.25, 0.3) is 0 Å². The van der Waals surface area contributed by atoms with Gasteiger partial charge in [0.05, 0.1) is 6.54 Å². The molecule has 0 spiro atoms. The van der Waals surface area contributed by atoms with Gasteiger partial charge in [-0.2, -0.15) is 0 Å². The van der Waals surface area contributed by atoms with Crippen molar-refractivity contribution in [3.8, 4) is 0 Å². The van der Waals surface area contributed by atoms with E-state index < -0.39 is 5.97 Å². The summed E-state index contributed by atoms with van der Waals surface area (Å²) in [5.41, 5.74) is 0. The average Bonchev–Trinajstić information content (AvgIpc) is 2.95. The van der Waals surface area contributed by atoms with Crippen molar-refractivity contribution in [3.63, 3.8) is 0 Å². The molecule has 1 saturated heterocycles. The van der Waals surface area contributed by atoms with Crippen molar-refractivity contribution < 1.29 is 9.90 Å². The second kappa shape index (κ2) is 5.64. The molecule has 2 rings (SSSR count). The Labute approximate surface area is 97.2 Å². The summed E-state index contributed by atoms with van der Waals surface area (Å²) in [6.07, 6.45) is 6.17. The summed E-state index contributed by atoms with van der Waals surface area (Å²) >= 11 is 0. The minimum absolute atomic E-state index is 0.227. The van der Waals surface area contributed by atoms with E-state index in [9.17, 15) is 4.79 Å². The first-order chi connectivity index (χ1) is 7.75. The number of aliphatic carboxylic acids is 1. The first kappa shape index (κ1) is 11.9. The molecule has 0 radical (unpaired) electrons. The summed E-state index contributed by atoms with van der Waals surface area (Å²) in [7, 11) is 0. The third kappa shape index (κ3) is 3.76. The Balaban J connectivity index is 1.63. The molecule has 0 aromatic rings. The maximum Gasteiger partial charge on any atom is 0.317 e. The van der Waals surface area contributed by atoms with Crippen LogP contribution in [0.5, 0.6) is 0 Å². The number of nitrogens with zero attached hydrogens (tertiary/aromatic N) is 2. The van der Waals surface area contributed by atoms with Gasteiger partial charge in [-0.05, 0) is 51.7 Å². The van der Waals surface area contributed by atoms with Gasteiger partial charge in [-0.25, -0.2) is 0 Å². The molecular formula is C12H22N2O2. The van der Waals surface area contributed by atoms with Crippen LogP contribution in [0, 0.1) is 0 Å². The van der Waals surface area contributed by atoms with E-state index in [0.717, 1.165) is 19.5 Å². The molecule has 1 aliphatic heterocycles. The van der Waals surface area contributed by atoms with Crippen molar-refractivity contribution in [2.75, 3.05) is 32.7 Å². The van der Waals surface area contributed by atoms with Gasteiger partial charge in [-0.1, -0.05) is 0 Å². The van der Waals surface area contributed by atoms with E-state index in [1.807, 2.05) is 0 Å². The van der Waals surface area contributed by atoms with E-state index in [1.165, 1.54) is 38.8 Å². The SMILES string of the molecule is O=C(O)CN(CCCN1CCCC1)C1CC1. The fourth-order valence-corrected chi connectivity index (χ4v) is 2.51. The predicted octanol–water partition coefficient (Wildman–Crippen LogP) is 1.02. The van der Waals surface area contributed by atoms with E-state index >= 15 is 0 Å². The highest BCUT2D eigenvalue weighted by atomic mass is 16.4. The molecular weight excluding hydrogens is 204 g/mol. The largest absolute Gasteiger partial charge is 0.480 e. The summed E-state index contributed by atoms with van der Waals surface area (Å²) in [4.78, 5) is 15.3. The van der Waals surface area contributed by atoms with Gasteiger partial charge < -0.3 is 10.0 Å². The lowest BCUT2D eigenvalue weighted by molar-refractivity contribution is -0.138. The zero-order valence-corrected chi connectivity index (χ0v) is 9.90. The first-order valence-electron chi connectivity index (χ1n) is 6.44. The molecule has 1 heterocycles. The van der Waals surface area contributed by atoms with Crippen molar-refractivity contribution in [1.29, 1.82) is 0 Å². The minimum Gasteiger partial charge on any atom is -0.480 e. The molecule has 1 N–H and O–H groups in total. The number of hydrogen-bond donors (Lipinski definition) is 1. The maximum absolute atomic E-state index is 10.7. The molecule has 92 valence electrons. The summed E-state index contributed by atoms with van der Waals surface area (Å²) in [6.45, 7) is 4.80. The maximum atomic E-state index is 10.7. The average molecular weight is 226 g/mol. The second-order valence-electron chi connectivity index (χ2n) is 5.00. The molecule has 0 unspecified atom stereocenters. The first-order valence-corrected chi connectivity index (χ1v) is 6.44. The van der Waals surface area contributed by atoms with Gasteiger partial charge >= 0.3 is 5.97 Å². The van der Waals surface area contributed by atoms with E-state index in [2.05, 4.69) is 9.80 Å². The summed E-state index contributed by atoms with van der Waals surface area (Å²) in [5.74, 6) is -0.687. The Morgan fingerprint density at radius 1 is 1.31 bits per heavy atom. The molecule has 0 aromatic carbocycles. The number of carboxylic acids is 1. The zero-order chi connectivity index (χ0) is 11.4. The fourth-order valence-electron chi connectivity index (χ4n) is 2.51. The van der Waals surface area contributed by atoms with Crippen molar-refractivity contribution in [1.82, 2.24) is 9.80 Å². The summed E-state index contributed by atoms with van der Waals surface area (Å²) in [6, 6.07) is 0.565. The van der Waals surface area contributed by atoms with Gasteiger partial charge in [0, 0.05) is 12.6 Å². The zero-order valence-electron chi connectivity index (χ0n) is 9.90. The van der Waals surface area contributed by atoms with E-state index in [4.69, 9.17) is 5.11 Å². The van der Waals surface area contributed by atoms with Crippen LogP contribution < -0.4 is 0 Å². The molecule has 0 atom stereocenters. The van der Waals surface area contributed by atoms with Crippen LogP contribution in [0.3, 0.4) is 0 Å². The quantitative estimate of drug-likeness (QED) is 0.704. The number of carbonyl (C=O) groups is 1. The van der Waals surface area contributed by atoms with Crippen LogP contribution in [0.1, 0.15) is 32.1 Å². The van der Waals surface area contributed by atoms with Gasteiger partial charge in [0.2, 0.25) is 0 Å². The smallest absolute Gasteiger partial charge is 0.317 e.